The Morgan fingerprint density at radius 2 is 2.00 bits per heavy atom. The normalized spacial score (nSPS) is 41.0. The Hall–Kier alpha value is 0.0249. The highest BCUT2D eigenvalue weighted by Gasteiger charge is 2.32. The lowest BCUT2D eigenvalue weighted by Crippen LogP contribution is -2.16. The summed E-state index contributed by atoms with van der Waals surface area (Å²) in [4.78, 5) is 0. The molecule has 0 aromatic rings. The molecule has 1 aliphatic carbocycles. The average molecular weight is 138 g/mol. The van der Waals surface area contributed by atoms with Crippen molar-refractivity contribution in [1.82, 2.24) is 0 Å². The van der Waals surface area contributed by atoms with Gasteiger partial charge in [-0.05, 0) is 30.5 Å². The molecule has 0 amide bonds. The standard InChI is InChI=1S/C8H15BO/c1-5(2)6-3-4-7(10)8(6)9/h5-8,10H,3-4H2,1-2H3/t6?,7-,8?/m1/s1. The van der Waals surface area contributed by atoms with Crippen molar-refractivity contribution in [3.63, 3.8) is 0 Å². The van der Waals surface area contributed by atoms with E-state index < -0.39 is 0 Å². The Labute approximate surface area is 64.2 Å². The fourth-order valence-corrected chi connectivity index (χ4v) is 1.81. The largest absolute Gasteiger partial charge is 0.394 e. The van der Waals surface area contributed by atoms with Crippen LogP contribution in [0.2, 0.25) is 5.82 Å². The van der Waals surface area contributed by atoms with Crippen molar-refractivity contribution in [2.45, 2.75) is 38.6 Å². The number of aliphatic hydroxyl groups excluding tert-OH is 1. The maximum absolute atomic E-state index is 9.29. The summed E-state index contributed by atoms with van der Waals surface area (Å²) in [7, 11) is 5.77. The minimum absolute atomic E-state index is 0.0278. The molecule has 0 aromatic carbocycles. The zero-order chi connectivity index (χ0) is 7.72. The van der Waals surface area contributed by atoms with Gasteiger partial charge in [0.05, 0.1) is 7.85 Å². The zero-order valence-corrected chi connectivity index (χ0v) is 6.75. The SMILES string of the molecule is [B]C1C(C(C)C)CC[C@H]1O. The molecule has 2 heteroatoms. The summed E-state index contributed by atoms with van der Waals surface area (Å²) in [5.41, 5.74) is 0. The second-order valence-corrected chi connectivity index (χ2v) is 3.63. The highest BCUT2D eigenvalue weighted by atomic mass is 16.3. The van der Waals surface area contributed by atoms with Gasteiger partial charge in [0, 0.05) is 6.10 Å². The predicted octanol–water partition coefficient (Wildman–Crippen LogP) is 1.37. The Morgan fingerprint density at radius 3 is 2.20 bits per heavy atom. The van der Waals surface area contributed by atoms with E-state index in [0.717, 1.165) is 12.8 Å². The fourth-order valence-electron chi connectivity index (χ4n) is 1.81. The number of hydrogen-bond acceptors (Lipinski definition) is 1. The second kappa shape index (κ2) is 2.95. The highest BCUT2D eigenvalue weighted by molar-refractivity contribution is 6.12. The molecule has 1 rings (SSSR count). The smallest absolute Gasteiger partial charge is 0.0738 e. The summed E-state index contributed by atoms with van der Waals surface area (Å²) in [6.07, 6.45) is 1.75. The highest BCUT2D eigenvalue weighted by Crippen LogP contribution is 2.38. The summed E-state index contributed by atoms with van der Waals surface area (Å²) in [6.45, 7) is 4.34. The van der Waals surface area contributed by atoms with E-state index in [1.165, 1.54) is 0 Å². The van der Waals surface area contributed by atoms with Crippen LogP contribution in [0.1, 0.15) is 26.7 Å². The predicted molar refractivity (Wildman–Crippen MR) is 43.1 cm³/mol. The quantitative estimate of drug-likeness (QED) is 0.542. The second-order valence-electron chi connectivity index (χ2n) is 3.63. The van der Waals surface area contributed by atoms with Crippen LogP contribution in [0.3, 0.4) is 0 Å². The summed E-state index contributed by atoms with van der Waals surface area (Å²) >= 11 is 0. The first-order valence-corrected chi connectivity index (χ1v) is 4.06. The minimum atomic E-state index is -0.243. The van der Waals surface area contributed by atoms with Crippen molar-refractivity contribution < 1.29 is 5.11 Å². The van der Waals surface area contributed by atoms with Gasteiger partial charge in [-0.15, -0.1) is 0 Å². The summed E-state index contributed by atoms with van der Waals surface area (Å²) in [6, 6.07) is 0. The van der Waals surface area contributed by atoms with Crippen molar-refractivity contribution in [1.29, 1.82) is 0 Å². The molecule has 0 heterocycles. The van der Waals surface area contributed by atoms with Crippen LogP contribution in [0.4, 0.5) is 0 Å². The Balaban J connectivity index is 2.49. The van der Waals surface area contributed by atoms with E-state index in [-0.39, 0.29) is 11.9 Å². The zero-order valence-electron chi connectivity index (χ0n) is 6.75. The Kier molecular flexibility index (Phi) is 2.40. The van der Waals surface area contributed by atoms with Gasteiger partial charge in [0.1, 0.15) is 0 Å². The van der Waals surface area contributed by atoms with Gasteiger partial charge in [-0.25, -0.2) is 0 Å². The lowest BCUT2D eigenvalue weighted by atomic mass is 9.73. The molecule has 56 valence electrons. The van der Waals surface area contributed by atoms with Crippen LogP contribution in [0.15, 0.2) is 0 Å². The van der Waals surface area contributed by atoms with Crippen molar-refractivity contribution in [2.24, 2.45) is 11.8 Å². The molecule has 0 bridgehead atoms. The van der Waals surface area contributed by atoms with Gasteiger partial charge in [0.15, 0.2) is 0 Å². The van der Waals surface area contributed by atoms with E-state index in [2.05, 4.69) is 13.8 Å². The van der Waals surface area contributed by atoms with Gasteiger partial charge >= 0.3 is 0 Å². The van der Waals surface area contributed by atoms with Crippen LogP contribution in [-0.2, 0) is 0 Å². The Bertz CT molecular complexity index is 114. The van der Waals surface area contributed by atoms with Gasteiger partial charge in [0.25, 0.3) is 0 Å². The van der Waals surface area contributed by atoms with Gasteiger partial charge in [-0.2, -0.15) is 0 Å². The molecular formula is C8H15BO. The summed E-state index contributed by atoms with van der Waals surface area (Å²) < 4.78 is 0. The third-order valence-corrected chi connectivity index (χ3v) is 2.59. The van der Waals surface area contributed by atoms with Crippen molar-refractivity contribution in [3.8, 4) is 0 Å². The van der Waals surface area contributed by atoms with Crippen LogP contribution >= 0.6 is 0 Å². The first kappa shape index (κ1) is 8.12. The van der Waals surface area contributed by atoms with Crippen LogP contribution in [-0.4, -0.2) is 19.1 Å². The molecule has 1 N–H and O–H groups in total. The molecule has 2 unspecified atom stereocenters. The Morgan fingerprint density at radius 1 is 1.40 bits per heavy atom. The fraction of sp³-hybridized carbons (Fsp3) is 1.00. The first-order valence-electron chi connectivity index (χ1n) is 4.06. The molecule has 1 nitrogen and oxygen atoms in total. The molecule has 2 radical (unpaired) electrons. The van der Waals surface area contributed by atoms with Gasteiger partial charge in [0.2, 0.25) is 0 Å². The molecule has 0 spiro atoms. The maximum Gasteiger partial charge on any atom is 0.0738 e. The van der Waals surface area contributed by atoms with Crippen LogP contribution in [0.5, 0.6) is 0 Å². The first-order chi connectivity index (χ1) is 4.63. The average Bonchev–Trinajstić information content (AvgIpc) is 2.14. The molecule has 0 aliphatic heterocycles. The van der Waals surface area contributed by atoms with E-state index >= 15 is 0 Å². The molecule has 0 aromatic heterocycles. The molecule has 3 atom stereocenters. The van der Waals surface area contributed by atoms with E-state index in [1.54, 1.807) is 0 Å². The van der Waals surface area contributed by atoms with Crippen molar-refractivity contribution in [2.75, 3.05) is 0 Å². The van der Waals surface area contributed by atoms with Crippen LogP contribution in [0.25, 0.3) is 0 Å². The lowest BCUT2D eigenvalue weighted by Gasteiger charge is -2.20. The summed E-state index contributed by atoms with van der Waals surface area (Å²) in [5.74, 6) is 1.18. The maximum atomic E-state index is 9.29. The van der Waals surface area contributed by atoms with Gasteiger partial charge in [-0.1, -0.05) is 13.8 Å². The third-order valence-electron chi connectivity index (χ3n) is 2.59. The van der Waals surface area contributed by atoms with E-state index in [0.29, 0.717) is 11.8 Å². The monoisotopic (exact) mass is 138 g/mol. The topological polar surface area (TPSA) is 20.2 Å². The van der Waals surface area contributed by atoms with Gasteiger partial charge < -0.3 is 5.11 Å². The molecular weight excluding hydrogens is 123 g/mol. The van der Waals surface area contributed by atoms with Gasteiger partial charge in [-0.3, -0.25) is 0 Å². The van der Waals surface area contributed by atoms with E-state index in [1.807, 2.05) is 0 Å². The van der Waals surface area contributed by atoms with Crippen LogP contribution < -0.4 is 0 Å². The summed E-state index contributed by atoms with van der Waals surface area (Å²) in [5, 5.41) is 9.29. The molecule has 1 fully saturated rings. The van der Waals surface area contributed by atoms with Crippen molar-refractivity contribution >= 4 is 7.85 Å². The third kappa shape index (κ3) is 1.37. The molecule has 1 aliphatic rings. The number of aliphatic hydroxyl groups is 1. The lowest BCUT2D eigenvalue weighted by molar-refractivity contribution is 0.174. The molecule has 1 saturated carbocycles. The van der Waals surface area contributed by atoms with Crippen molar-refractivity contribution in [3.05, 3.63) is 0 Å². The molecule has 0 saturated heterocycles. The number of hydrogen-bond donors (Lipinski definition) is 1. The van der Waals surface area contributed by atoms with E-state index in [9.17, 15) is 5.11 Å². The number of rotatable bonds is 1. The van der Waals surface area contributed by atoms with E-state index in [4.69, 9.17) is 7.85 Å². The minimum Gasteiger partial charge on any atom is -0.394 e. The van der Waals surface area contributed by atoms with Crippen LogP contribution in [0, 0.1) is 11.8 Å². The molecule has 10 heavy (non-hydrogen) atoms.